The Morgan fingerprint density at radius 1 is 1.40 bits per heavy atom. The van der Waals surface area contributed by atoms with Crippen LogP contribution < -0.4 is 5.73 Å². The Hall–Kier alpha value is -0.260. The maximum atomic E-state index is 11.5. The first-order valence-corrected chi connectivity index (χ1v) is 6.51. The summed E-state index contributed by atoms with van der Waals surface area (Å²) in [6.07, 6.45) is 2.59. The molecule has 90 valence electrons. The number of hydrogen-bond donors (Lipinski definition) is 1. The fourth-order valence-electron chi connectivity index (χ4n) is 1.22. The van der Waals surface area contributed by atoms with Gasteiger partial charge in [-0.3, -0.25) is 4.79 Å². The minimum absolute atomic E-state index is 0.140. The maximum absolute atomic E-state index is 11.5. The first-order valence-electron chi connectivity index (χ1n) is 5.12. The molecule has 0 heterocycles. The molecule has 0 aliphatic heterocycles. The van der Waals surface area contributed by atoms with E-state index in [9.17, 15) is 4.79 Å². The Labute approximate surface area is 97.2 Å². The van der Waals surface area contributed by atoms with Gasteiger partial charge in [-0.25, -0.2) is 0 Å². The minimum atomic E-state index is 0.140. The highest BCUT2D eigenvalue weighted by Gasteiger charge is 2.17. The van der Waals surface area contributed by atoms with Gasteiger partial charge < -0.3 is 15.5 Å². The molecule has 0 spiro atoms. The molecule has 1 atom stereocenters. The number of rotatable bonds is 7. The third-order valence-corrected chi connectivity index (χ3v) is 3.04. The van der Waals surface area contributed by atoms with E-state index in [0.29, 0.717) is 13.0 Å². The zero-order valence-corrected chi connectivity index (χ0v) is 11.0. The quantitative estimate of drug-likeness (QED) is 0.677. The summed E-state index contributed by atoms with van der Waals surface area (Å²) in [5, 5.41) is 0. The van der Waals surface area contributed by atoms with Gasteiger partial charge in [-0.1, -0.05) is 0 Å². The van der Waals surface area contributed by atoms with Crippen LogP contribution in [0.2, 0.25) is 0 Å². The molecule has 1 unspecified atom stereocenters. The van der Waals surface area contributed by atoms with Crippen molar-refractivity contribution in [1.82, 2.24) is 9.80 Å². The average Bonchev–Trinajstić information content (AvgIpc) is 2.21. The summed E-state index contributed by atoms with van der Waals surface area (Å²) in [6, 6.07) is 0.159. The van der Waals surface area contributed by atoms with Crippen molar-refractivity contribution in [3.63, 3.8) is 0 Å². The molecule has 0 saturated heterocycles. The second-order valence-corrected chi connectivity index (χ2v) is 4.84. The highest BCUT2D eigenvalue weighted by Crippen LogP contribution is 2.04. The van der Waals surface area contributed by atoms with Gasteiger partial charge in [0.15, 0.2) is 0 Å². The highest BCUT2D eigenvalue weighted by molar-refractivity contribution is 7.98. The molecule has 0 aromatic heterocycles. The third kappa shape index (κ3) is 6.02. The van der Waals surface area contributed by atoms with Crippen LogP contribution in [-0.2, 0) is 4.79 Å². The first-order chi connectivity index (χ1) is 7.02. The van der Waals surface area contributed by atoms with Crippen LogP contribution in [0.1, 0.15) is 6.42 Å². The summed E-state index contributed by atoms with van der Waals surface area (Å²) in [5.41, 5.74) is 5.67. The molecule has 15 heavy (non-hydrogen) atoms. The van der Waals surface area contributed by atoms with Crippen molar-refractivity contribution in [3.05, 3.63) is 0 Å². The molecular weight excluding hydrogens is 210 g/mol. The van der Waals surface area contributed by atoms with Crippen LogP contribution in [-0.4, -0.2) is 68.0 Å². The number of nitrogens with two attached hydrogens (primary N) is 1. The third-order valence-electron chi connectivity index (χ3n) is 2.45. The van der Waals surface area contributed by atoms with Crippen molar-refractivity contribution in [2.45, 2.75) is 12.5 Å². The van der Waals surface area contributed by atoms with Crippen LogP contribution in [0.25, 0.3) is 0 Å². The minimum Gasteiger partial charge on any atom is -0.349 e. The van der Waals surface area contributed by atoms with Gasteiger partial charge in [-0.2, -0.15) is 11.8 Å². The summed E-state index contributed by atoms with van der Waals surface area (Å²) in [7, 11) is 5.58. The molecule has 0 aliphatic carbocycles. The monoisotopic (exact) mass is 233 g/mol. The first kappa shape index (κ1) is 14.7. The Bertz CT molecular complexity index is 188. The second-order valence-electron chi connectivity index (χ2n) is 3.86. The number of amides is 1. The number of nitrogens with zero attached hydrogens (tertiary/aromatic N) is 2. The summed E-state index contributed by atoms with van der Waals surface area (Å²) in [4.78, 5) is 15.3. The fourth-order valence-corrected chi connectivity index (χ4v) is 1.69. The zero-order chi connectivity index (χ0) is 11.8. The molecule has 0 radical (unpaired) electrons. The SMILES string of the molecule is CSCCN(C)C(CN)CC(=O)N(C)C. The summed E-state index contributed by atoms with van der Waals surface area (Å²) >= 11 is 1.81. The lowest BCUT2D eigenvalue weighted by atomic mass is 10.1. The van der Waals surface area contributed by atoms with Gasteiger partial charge in [0, 0.05) is 45.4 Å². The summed E-state index contributed by atoms with van der Waals surface area (Å²) < 4.78 is 0. The van der Waals surface area contributed by atoms with Gasteiger partial charge in [-0.05, 0) is 13.3 Å². The van der Waals surface area contributed by atoms with E-state index in [1.54, 1.807) is 30.8 Å². The topological polar surface area (TPSA) is 49.6 Å². The Morgan fingerprint density at radius 3 is 2.40 bits per heavy atom. The molecule has 0 aromatic rings. The molecule has 0 aromatic carbocycles. The number of likely N-dealkylation sites (N-methyl/N-ethyl adjacent to an activating group) is 1. The van der Waals surface area contributed by atoms with Crippen LogP contribution >= 0.6 is 11.8 Å². The molecule has 0 rings (SSSR count). The van der Waals surface area contributed by atoms with Gasteiger partial charge in [0.1, 0.15) is 0 Å². The van der Waals surface area contributed by atoms with Crippen molar-refractivity contribution in [2.24, 2.45) is 5.73 Å². The van der Waals surface area contributed by atoms with E-state index in [2.05, 4.69) is 11.2 Å². The second kappa shape index (κ2) is 7.96. The number of carbonyl (C=O) groups excluding carboxylic acids is 1. The van der Waals surface area contributed by atoms with Gasteiger partial charge in [-0.15, -0.1) is 0 Å². The number of hydrogen-bond acceptors (Lipinski definition) is 4. The van der Waals surface area contributed by atoms with Crippen LogP contribution in [0.15, 0.2) is 0 Å². The molecule has 0 bridgehead atoms. The molecule has 4 nitrogen and oxygen atoms in total. The van der Waals surface area contributed by atoms with E-state index in [1.165, 1.54) is 0 Å². The Balaban J connectivity index is 4.05. The van der Waals surface area contributed by atoms with Crippen molar-refractivity contribution in [3.8, 4) is 0 Å². The highest BCUT2D eigenvalue weighted by atomic mass is 32.2. The Kier molecular flexibility index (Phi) is 7.82. The lowest BCUT2D eigenvalue weighted by molar-refractivity contribution is -0.129. The van der Waals surface area contributed by atoms with E-state index in [1.807, 2.05) is 7.05 Å². The molecule has 1 amide bonds. The zero-order valence-electron chi connectivity index (χ0n) is 10.2. The van der Waals surface area contributed by atoms with Crippen molar-refractivity contribution < 1.29 is 4.79 Å². The summed E-state index contributed by atoms with van der Waals surface area (Å²) in [6.45, 7) is 1.51. The van der Waals surface area contributed by atoms with E-state index >= 15 is 0 Å². The van der Waals surface area contributed by atoms with E-state index < -0.39 is 0 Å². The number of thioether (sulfide) groups is 1. The number of carbonyl (C=O) groups is 1. The van der Waals surface area contributed by atoms with Crippen LogP contribution in [0, 0.1) is 0 Å². The Morgan fingerprint density at radius 2 is 2.00 bits per heavy atom. The van der Waals surface area contributed by atoms with Gasteiger partial charge in [0.05, 0.1) is 0 Å². The smallest absolute Gasteiger partial charge is 0.223 e. The molecule has 0 aliphatic rings. The average molecular weight is 233 g/mol. The van der Waals surface area contributed by atoms with Gasteiger partial charge in [0.2, 0.25) is 5.91 Å². The predicted molar refractivity (Wildman–Crippen MR) is 67.2 cm³/mol. The van der Waals surface area contributed by atoms with E-state index in [-0.39, 0.29) is 11.9 Å². The molecule has 2 N–H and O–H groups in total. The normalized spacial score (nSPS) is 12.9. The van der Waals surface area contributed by atoms with Crippen molar-refractivity contribution in [1.29, 1.82) is 0 Å². The van der Waals surface area contributed by atoms with Gasteiger partial charge >= 0.3 is 0 Å². The molecule has 0 saturated carbocycles. The van der Waals surface area contributed by atoms with E-state index in [4.69, 9.17) is 5.73 Å². The largest absolute Gasteiger partial charge is 0.349 e. The maximum Gasteiger partial charge on any atom is 0.223 e. The molecule has 0 fully saturated rings. The summed E-state index contributed by atoms with van der Waals surface area (Å²) in [5.74, 6) is 1.21. The molecular formula is C10H23N3OS. The van der Waals surface area contributed by atoms with Gasteiger partial charge in [0.25, 0.3) is 0 Å². The molecule has 5 heteroatoms. The van der Waals surface area contributed by atoms with Crippen molar-refractivity contribution >= 4 is 17.7 Å². The fraction of sp³-hybridized carbons (Fsp3) is 0.900. The van der Waals surface area contributed by atoms with Crippen LogP contribution in [0.5, 0.6) is 0 Å². The van der Waals surface area contributed by atoms with Crippen molar-refractivity contribution in [2.75, 3.05) is 46.2 Å². The lowest BCUT2D eigenvalue weighted by Crippen LogP contribution is -2.42. The standard InChI is InChI=1S/C10H23N3OS/c1-12(2)10(14)7-9(8-11)13(3)5-6-15-4/h9H,5-8,11H2,1-4H3. The van der Waals surface area contributed by atoms with Crippen LogP contribution in [0.4, 0.5) is 0 Å². The lowest BCUT2D eigenvalue weighted by Gasteiger charge is -2.27. The van der Waals surface area contributed by atoms with Crippen LogP contribution in [0.3, 0.4) is 0 Å². The predicted octanol–water partition coefficient (Wildman–Crippen LogP) is 0.0868. The van der Waals surface area contributed by atoms with E-state index in [0.717, 1.165) is 12.3 Å².